The van der Waals surface area contributed by atoms with Crippen molar-refractivity contribution in [2.75, 3.05) is 0 Å². The quantitative estimate of drug-likeness (QED) is 0.838. The van der Waals surface area contributed by atoms with Crippen molar-refractivity contribution in [3.63, 3.8) is 0 Å². The molecule has 2 rings (SSSR count). The molecule has 4 nitrogen and oxygen atoms in total. The van der Waals surface area contributed by atoms with Crippen molar-refractivity contribution in [2.45, 2.75) is 13.0 Å². The lowest BCUT2D eigenvalue weighted by molar-refractivity contribution is -0.120. The predicted octanol–water partition coefficient (Wildman–Crippen LogP) is 1.41. The molecule has 0 atom stereocenters. The maximum atomic E-state index is 12.6. The Morgan fingerprint density at radius 2 is 2.06 bits per heavy atom. The van der Waals surface area contributed by atoms with Gasteiger partial charge in [-0.2, -0.15) is 5.10 Å². The van der Waals surface area contributed by atoms with Crippen molar-refractivity contribution in [1.82, 2.24) is 15.5 Å². The summed E-state index contributed by atoms with van der Waals surface area (Å²) < 4.78 is 12.6. The molecule has 0 bridgehead atoms. The molecule has 88 valence electrons. The molecule has 0 unspecified atom stereocenters. The Bertz CT molecular complexity index is 479. The number of nitrogens with one attached hydrogen (secondary N) is 2. The highest BCUT2D eigenvalue weighted by molar-refractivity contribution is 5.78. The average molecular weight is 233 g/mol. The van der Waals surface area contributed by atoms with E-state index < -0.39 is 0 Å². The number of hydrogen-bond acceptors (Lipinski definition) is 2. The average Bonchev–Trinajstić information content (AvgIpc) is 2.81. The number of halogens is 1. The zero-order chi connectivity index (χ0) is 12.1. The lowest BCUT2D eigenvalue weighted by atomic mass is 10.2. The third-order valence-corrected chi connectivity index (χ3v) is 2.31. The van der Waals surface area contributed by atoms with Gasteiger partial charge in [0.15, 0.2) is 0 Å². The number of rotatable bonds is 4. The number of aromatic nitrogens is 2. The van der Waals surface area contributed by atoms with Crippen LogP contribution in [0.25, 0.3) is 0 Å². The summed E-state index contributed by atoms with van der Waals surface area (Å²) in [5, 5.41) is 9.22. The number of H-pyrrole nitrogens is 1. The van der Waals surface area contributed by atoms with Crippen molar-refractivity contribution in [1.29, 1.82) is 0 Å². The molecule has 1 aromatic carbocycles. The van der Waals surface area contributed by atoms with E-state index in [2.05, 4.69) is 15.5 Å². The molecule has 17 heavy (non-hydrogen) atoms. The monoisotopic (exact) mass is 233 g/mol. The van der Waals surface area contributed by atoms with Crippen LogP contribution in [-0.2, 0) is 17.8 Å². The zero-order valence-electron chi connectivity index (χ0n) is 9.11. The molecular weight excluding hydrogens is 221 g/mol. The molecule has 0 radical (unpaired) electrons. The van der Waals surface area contributed by atoms with E-state index in [1.807, 2.05) is 0 Å². The van der Waals surface area contributed by atoms with Crippen LogP contribution in [0.5, 0.6) is 0 Å². The number of hydrogen-bond donors (Lipinski definition) is 2. The van der Waals surface area contributed by atoms with Gasteiger partial charge in [-0.3, -0.25) is 9.89 Å². The molecule has 1 amide bonds. The largest absolute Gasteiger partial charge is 0.352 e. The molecule has 5 heteroatoms. The van der Waals surface area contributed by atoms with Gasteiger partial charge in [0.1, 0.15) is 5.82 Å². The standard InChI is InChI=1S/C12H12FN3O/c13-10-3-1-9(2-4-10)8-14-12(17)7-11-5-6-15-16-11/h1-6H,7-8H2,(H,14,17)(H,15,16). The summed E-state index contributed by atoms with van der Waals surface area (Å²) in [5.41, 5.74) is 1.63. The lowest BCUT2D eigenvalue weighted by Gasteiger charge is -2.04. The Kier molecular flexibility index (Phi) is 3.49. The molecule has 1 heterocycles. The summed E-state index contributed by atoms with van der Waals surface area (Å²) in [6.07, 6.45) is 1.86. The third-order valence-electron chi connectivity index (χ3n) is 2.31. The molecule has 0 aliphatic carbocycles. The summed E-state index contributed by atoms with van der Waals surface area (Å²) in [7, 11) is 0. The van der Waals surface area contributed by atoms with Gasteiger partial charge in [0.25, 0.3) is 0 Å². The minimum Gasteiger partial charge on any atom is -0.352 e. The number of nitrogens with zero attached hydrogens (tertiary/aromatic N) is 1. The van der Waals surface area contributed by atoms with E-state index in [9.17, 15) is 9.18 Å². The Morgan fingerprint density at radius 1 is 1.29 bits per heavy atom. The minimum atomic E-state index is -0.280. The number of benzene rings is 1. The first kappa shape index (κ1) is 11.3. The van der Waals surface area contributed by atoms with Crippen LogP contribution in [0.2, 0.25) is 0 Å². The lowest BCUT2D eigenvalue weighted by Crippen LogP contribution is -2.24. The highest BCUT2D eigenvalue weighted by Crippen LogP contribution is 2.02. The van der Waals surface area contributed by atoms with E-state index >= 15 is 0 Å². The van der Waals surface area contributed by atoms with Gasteiger partial charge in [-0.25, -0.2) is 4.39 Å². The highest BCUT2D eigenvalue weighted by atomic mass is 19.1. The molecule has 0 spiro atoms. The number of carbonyl (C=O) groups is 1. The second-order valence-electron chi connectivity index (χ2n) is 3.66. The van der Waals surface area contributed by atoms with E-state index in [-0.39, 0.29) is 18.1 Å². The topological polar surface area (TPSA) is 57.8 Å². The van der Waals surface area contributed by atoms with Crippen molar-refractivity contribution in [2.24, 2.45) is 0 Å². The van der Waals surface area contributed by atoms with Gasteiger partial charge in [0.2, 0.25) is 5.91 Å². The van der Waals surface area contributed by atoms with Crippen LogP contribution < -0.4 is 5.32 Å². The Labute approximate surface area is 97.9 Å². The molecule has 0 saturated carbocycles. The normalized spacial score (nSPS) is 10.2. The maximum absolute atomic E-state index is 12.6. The van der Waals surface area contributed by atoms with Gasteiger partial charge in [-0.05, 0) is 23.8 Å². The van der Waals surface area contributed by atoms with Gasteiger partial charge in [-0.15, -0.1) is 0 Å². The smallest absolute Gasteiger partial charge is 0.226 e. The fourth-order valence-corrected chi connectivity index (χ4v) is 1.42. The highest BCUT2D eigenvalue weighted by Gasteiger charge is 2.03. The maximum Gasteiger partial charge on any atom is 0.226 e. The van der Waals surface area contributed by atoms with Crippen LogP contribution in [0, 0.1) is 5.82 Å². The first-order chi connectivity index (χ1) is 8.24. The SMILES string of the molecule is O=C(Cc1ccn[nH]1)NCc1ccc(F)cc1. The Morgan fingerprint density at radius 3 is 2.71 bits per heavy atom. The summed E-state index contributed by atoms with van der Waals surface area (Å²) in [4.78, 5) is 11.5. The van der Waals surface area contributed by atoms with Crippen LogP contribution in [0.3, 0.4) is 0 Å². The number of carbonyl (C=O) groups excluding carboxylic acids is 1. The molecule has 0 saturated heterocycles. The van der Waals surface area contributed by atoms with Gasteiger partial charge >= 0.3 is 0 Å². The predicted molar refractivity (Wildman–Crippen MR) is 60.5 cm³/mol. The van der Waals surface area contributed by atoms with Gasteiger partial charge in [-0.1, -0.05) is 12.1 Å². The van der Waals surface area contributed by atoms with Crippen LogP contribution in [0.15, 0.2) is 36.5 Å². The fraction of sp³-hybridized carbons (Fsp3) is 0.167. The van der Waals surface area contributed by atoms with Crippen LogP contribution >= 0.6 is 0 Å². The first-order valence-corrected chi connectivity index (χ1v) is 5.23. The van der Waals surface area contributed by atoms with Crippen molar-refractivity contribution >= 4 is 5.91 Å². The van der Waals surface area contributed by atoms with E-state index in [1.54, 1.807) is 24.4 Å². The van der Waals surface area contributed by atoms with Crippen LogP contribution in [0.4, 0.5) is 4.39 Å². The Balaban J connectivity index is 1.82. The summed E-state index contributed by atoms with van der Waals surface area (Å²) in [5.74, 6) is -0.379. The minimum absolute atomic E-state index is 0.0985. The van der Waals surface area contributed by atoms with Crippen LogP contribution in [0.1, 0.15) is 11.3 Å². The van der Waals surface area contributed by atoms with E-state index in [0.717, 1.165) is 11.3 Å². The van der Waals surface area contributed by atoms with Crippen molar-refractivity contribution < 1.29 is 9.18 Å². The van der Waals surface area contributed by atoms with Crippen LogP contribution in [-0.4, -0.2) is 16.1 Å². The van der Waals surface area contributed by atoms with Crippen molar-refractivity contribution in [3.05, 3.63) is 53.6 Å². The van der Waals surface area contributed by atoms with Gasteiger partial charge in [0.05, 0.1) is 6.42 Å². The molecule has 0 aliphatic rings. The molecule has 2 aromatic rings. The molecule has 0 aliphatic heterocycles. The first-order valence-electron chi connectivity index (χ1n) is 5.23. The zero-order valence-corrected chi connectivity index (χ0v) is 9.11. The summed E-state index contributed by atoms with van der Waals surface area (Å²) >= 11 is 0. The number of amides is 1. The molecule has 2 N–H and O–H groups in total. The Hall–Kier alpha value is -2.17. The second kappa shape index (κ2) is 5.25. The van der Waals surface area contributed by atoms with Gasteiger partial charge in [0, 0.05) is 18.4 Å². The number of aromatic amines is 1. The molecular formula is C12H12FN3O. The van der Waals surface area contributed by atoms with E-state index in [0.29, 0.717) is 6.54 Å². The van der Waals surface area contributed by atoms with Gasteiger partial charge < -0.3 is 5.32 Å². The summed E-state index contributed by atoms with van der Waals surface area (Å²) in [6, 6.07) is 7.78. The second-order valence-corrected chi connectivity index (χ2v) is 3.66. The van der Waals surface area contributed by atoms with E-state index in [1.165, 1.54) is 12.1 Å². The van der Waals surface area contributed by atoms with E-state index in [4.69, 9.17) is 0 Å². The summed E-state index contributed by atoms with van der Waals surface area (Å²) in [6.45, 7) is 0.396. The molecule has 0 fully saturated rings. The van der Waals surface area contributed by atoms with Crippen molar-refractivity contribution in [3.8, 4) is 0 Å². The fourth-order valence-electron chi connectivity index (χ4n) is 1.42. The third kappa shape index (κ3) is 3.41. The molecule has 1 aromatic heterocycles.